The first kappa shape index (κ1) is 15.2. The van der Waals surface area contributed by atoms with E-state index >= 15 is 0 Å². The lowest BCUT2D eigenvalue weighted by Gasteiger charge is -2.30. The minimum atomic E-state index is -3.12. The van der Waals surface area contributed by atoms with Crippen LogP contribution in [0.1, 0.15) is 52.4 Å². The zero-order valence-electron chi connectivity index (χ0n) is 11.0. The molecule has 0 radical (unpaired) electrons. The molecule has 0 amide bonds. The maximum atomic E-state index is 12.4. The highest BCUT2D eigenvalue weighted by molar-refractivity contribution is 7.53. The van der Waals surface area contributed by atoms with Crippen molar-refractivity contribution in [2.45, 2.75) is 58.0 Å². The monoisotopic (exact) mass is 264 g/mol. The molecule has 0 unspecified atom stereocenters. The molecule has 0 bridgehead atoms. The van der Waals surface area contributed by atoms with Crippen LogP contribution in [0.3, 0.4) is 0 Å². The predicted molar refractivity (Wildman–Crippen MR) is 68.4 cm³/mol. The summed E-state index contributed by atoms with van der Waals surface area (Å²) in [5.74, 6) is 0. The maximum absolute atomic E-state index is 12.4. The van der Waals surface area contributed by atoms with Crippen molar-refractivity contribution in [3.05, 3.63) is 0 Å². The van der Waals surface area contributed by atoms with Crippen molar-refractivity contribution in [2.24, 2.45) is 0 Å². The molecule has 0 spiro atoms. The highest BCUT2D eigenvalue weighted by Gasteiger charge is 2.38. The van der Waals surface area contributed by atoms with Gasteiger partial charge in [-0.25, -0.2) is 0 Å². The molecular weight excluding hydrogens is 239 g/mol. The zero-order chi connectivity index (χ0) is 12.8. The fraction of sp³-hybridized carbons (Fsp3) is 1.00. The number of hydrogen-bond acceptors (Lipinski definition) is 4. The van der Waals surface area contributed by atoms with Crippen molar-refractivity contribution < 1.29 is 18.7 Å². The Morgan fingerprint density at radius 1 is 1.06 bits per heavy atom. The van der Waals surface area contributed by atoms with Crippen LogP contribution in [0.5, 0.6) is 0 Å². The smallest absolute Gasteiger partial charge is 0.333 e. The molecule has 1 aliphatic rings. The summed E-state index contributed by atoms with van der Waals surface area (Å²) in [6.45, 7) is 4.30. The Kier molecular flexibility index (Phi) is 6.14. The van der Waals surface area contributed by atoms with Crippen LogP contribution >= 0.6 is 7.60 Å². The first-order valence-electron chi connectivity index (χ1n) is 6.64. The Balaban J connectivity index is 2.66. The van der Waals surface area contributed by atoms with Gasteiger partial charge in [0.25, 0.3) is 0 Å². The molecule has 1 rings (SSSR count). The van der Waals surface area contributed by atoms with Crippen LogP contribution in [0.2, 0.25) is 0 Å². The molecule has 1 aliphatic carbocycles. The van der Waals surface area contributed by atoms with Crippen molar-refractivity contribution >= 4 is 7.60 Å². The molecule has 1 fully saturated rings. The lowest BCUT2D eigenvalue weighted by atomic mass is 9.97. The zero-order valence-corrected chi connectivity index (χ0v) is 11.9. The van der Waals surface area contributed by atoms with Crippen molar-refractivity contribution in [3.63, 3.8) is 0 Å². The summed E-state index contributed by atoms with van der Waals surface area (Å²) >= 11 is 0. The molecule has 0 aromatic carbocycles. The van der Waals surface area contributed by atoms with Gasteiger partial charge in [0.1, 0.15) is 0 Å². The first-order valence-corrected chi connectivity index (χ1v) is 8.37. The lowest BCUT2D eigenvalue weighted by molar-refractivity contribution is 0.0397. The summed E-state index contributed by atoms with van der Waals surface area (Å²) in [6, 6.07) is 0. The topological polar surface area (TPSA) is 55.8 Å². The summed E-state index contributed by atoms with van der Waals surface area (Å²) in [5.41, 5.74) is -0.865. The van der Waals surface area contributed by atoms with E-state index in [1.165, 1.54) is 0 Å². The van der Waals surface area contributed by atoms with E-state index in [0.29, 0.717) is 26.1 Å². The quantitative estimate of drug-likeness (QED) is 0.590. The molecule has 5 heteroatoms. The Bertz CT molecular complexity index is 249. The first-order chi connectivity index (χ1) is 8.04. The fourth-order valence-electron chi connectivity index (χ4n) is 2.43. The minimum absolute atomic E-state index is 0.141. The molecule has 1 saturated carbocycles. The molecule has 0 heterocycles. The molecule has 0 aromatic heterocycles. The van der Waals surface area contributed by atoms with Gasteiger partial charge in [0.05, 0.1) is 25.0 Å². The summed E-state index contributed by atoms with van der Waals surface area (Å²) in [7, 11) is -3.12. The summed E-state index contributed by atoms with van der Waals surface area (Å²) in [6.07, 6.45) is 5.84. The van der Waals surface area contributed by atoms with Gasteiger partial charge in [-0.15, -0.1) is 0 Å². The van der Waals surface area contributed by atoms with Crippen molar-refractivity contribution in [2.75, 3.05) is 19.4 Å². The van der Waals surface area contributed by atoms with Crippen LogP contribution in [0, 0.1) is 0 Å². The van der Waals surface area contributed by atoms with E-state index in [1.807, 2.05) is 0 Å². The largest absolute Gasteiger partial charge is 0.389 e. The third-order valence-corrected chi connectivity index (χ3v) is 5.45. The van der Waals surface area contributed by atoms with Crippen LogP contribution in [-0.2, 0) is 13.6 Å². The van der Waals surface area contributed by atoms with Gasteiger partial charge in [-0.3, -0.25) is 4.57 Å². The molecule has 0 saturated heterocycles. The number of hydrogen-bond donors (Lipinski definition) is 1. The van der Waals surface area contributed by atoms with Crippen LogP contribution in [-0.4, -0.2) is 30.1 Å². The molecule has 102 valence electrons. The molecule has 0 aliphatic heterocycles. The molecule has 17 heavy (non-hydrogen) atoms. The van der Waals surface area contributed by atoms with E-state index in [2.05, 4.69) is 0 Å². The Morgan fingerprint density at radius 3 is 1.94 bits per heavy atom. The van der Waals surface area contributed by atoms with Gasteiger partial charge in [-0.2, -0.15) is 0 Å². The fourth-order valence-corrected chi connectivity index (χ4v) is 4.51. The predicted octanol–water partition coefficient (Wildman–Crippen LogP) is 3.34. The minimum Gasteiger partial charge on any atom is -0.389 e. The Hall–Kier alpha value is 0.110. The highest BCUT2D eigenvalue weighted by atomic mass is 31.2. The van der Waals surface area contributed by atoms with Crippen LogP contribution < -0.4 is 0 Å². The standard InChI is InChI=1S/C12H25O4P/c1-3-15-17(14,16-4-2)11-12(13)9-7-5-6-8-10-12/h13H,3-11H2,1-2H3. The van der Waals surface area contributed by atoms with E-state index in [-0.39, 0.29) is 6.16 Å². The van der Waals surface area contributed by atoms with Crippen LogP contribution in [0.15, 0.2) is 0 Å². The maximum Gasteiger partial charge on any atom is 0.333 e. The van der Waals surface area contributed by atoms with Crippen molar-refractivity contribution in [3.8, 4) is 0 Å². The van der Waals surface area contributed by atoms with E-state index < -0.39 is 13.2 Å². The van der Waals surface area contributed by atoms with Crippen LogP contribution in [0.4, 0.5) is 0 Å². The second kappa shape index (κ2) is 6.89. The van der Waals surface area contributed by atoms with E-state index in [0.717, 1.165) is 25.7 Å². The van der Waals surface area contributed by atoms with Gasteiger partial charge in [0, 0.05) is 0 Å². The van der Waals surface area contributed by atoms with Gasteiger partial charge in [-0.1, -0.05) is 25.7 Å². The van der Waals surface area contributed by atoms with Gasteiger partial charge in [0.2, 0.25) is 0 Å². The van der Waals surface area contributed by atoms with Crippen molar-refractivity contribution in [1.82, 2.24) is 0 Å². The molecule has 1 N–H and O–H groups in total. The van der Waals surface area contributed by atoms with Gasteiger partial charge >= 0.3 is 7.60 Å². The number of aliphatic hydroxyl groups is 1. The van der Waals surface area contributed by atoms with E-state index in [4.69, 9.17) is 9.05 Å². The SMILES string of the molecule is CCOP(=O)(CC1(O)CCCCCC1)OCC. The summed E-state index contributed by atoms with van der Waals surface area (Å²) in [5, 5.41) is 10.5. The molecule has 0 aromatic rings. The Labute approximate surface area is 104 Å². The van der Waals surface area contributed by atoms with Gasteiger partial charge in [-0.05, 0) is 26.7 Å². The summed E-state index contributed by atoms with van der Waals surface area (Å²) < 4.78 is 22.9. The van der Waals surface area contributed by atoms with E-state index in [9.17, 15) is 9.67 Å². The second-order valence-corrected chi connectivity index (χ2v) is 6.80. The number of rotatable bonds is 6. The van der Waals surface area contributed by atoms with Crippen LogP contribution in [0.25, 0.3) is 0 Å². The van der Waals surface area contributed by atoms with Gasteiger partial charge in [0.15, 0.2) is 0 Å². The molecule has 4 nitrogen and oxygen atoms in total. The lowest BCUT2D eigenvalue weighted by Crippen LogP contribution is -2.33. The van der Waals surface area contributed by atoms with Gasteiger partial charge < -0.3 is 14.2 Å². The summed E-state index contributed by atoms with van der Waals surface area (Å²) in [4.78, 5) is 0. The highest BCUT2D eigenvalue weighted by Crippen LogP contribution is 2.52. The second-order valence-electron chi connectivity index (χ2n) is 4.74. The van der Waals surface area contributed by atoms with E-state index in [1.54, 1.807) is 13.8 Å². The average Bonchev–Trinajstić information content (AvgIpc) is 2.43. The average molecular weight is 264 g/mol. The normalized spacial score (nSPS) is 21.1. The Morgan fingerprint density at radius 2 is 1.53 bits per heavy atom. The molecule has 0 atom stereocenters. The molecular formula is C12H25O4P. The third-order valence-electron chi connectivity index (χ3n) is 3.17. The van der Waals surface area contributed by atoms with Crippen molar-refractivity contribution in [1.29, 1.82) is 0 Å². The third kappa shape index (κ3) is 5.09.